The van der Waals surface area contributed by atoms with Gasteiger partial charge in [-0.3, -0.25) is 9.59 Å². The van der Waals surface area contributed by atoms with E-state index >= 15 is 0 Å². The molecule has 0 aromatic heterocycles. The quantitative estimate of drug-likeness (QED) is 0.818. The van der Waals surface area contributed by atoms with Crippen molar-refractivity contribution in [1.29, 1.82) is 0 Å². The van der Waals surface area contributed by atoms with Crippen LogP contribution < -0.4 is 10.2 Å². The predicted octanol–water partition coefficient (Wildman–Crippen LogP) is 0.827. The average Bonchev–Trinajstić information content (AvgIpc) is 2.86. The van der Waals surface area contributed by atoms with Gasteiger partial charge in [0, 0.05) is 6.54 Å². The zero-order valence-electron chi connectivity index (χ0n) is 10.8. The van der Waals surface area contributed by atoms with Gasteiger partial charge in [-0.05, 0) is 31.5 Å². The lowest BCUT2D eigenvalue weighted by molar-refractivity contribution is -0.146. The number of fused-ring (bicyclic) bond motifs is 2. The second kappa shape index (κ2) is 4.75. The first kappa shape index (κ1) is 12.3. The number of carbonyl (C=O) groups excluding carboxylic acids is 2. The van der Waals surface area contributed by atoms with Crippen molar-refractivity contribution in [2.24, 2.45) is 0 Å². The number of nitrogens with one attached hydrogen (secondary N) is 1. The monoisotopic (exact) mass is 260 g/mol. The lowest BCUT2D eigenvalue weighted by Crippen LogP contribution is -2.52. The molecule has 2 amide bonds. The van der Waals surface area contributed by atoms with E-state index in [1.165, 1.54) is 4.90 Å². The maximum atomic E-state index is 12.3. The number of rotatable bonds is 3. The Balaban J connectivity index is 2.01. The first-order valence-electron chi connectivity index (χ1n) is 6.48. The fourth-order valence-electron chi connectivity index (χ4n) is 2.70. The van der Waals surface area contributed by atoms with Crippen LogP contribution in [0.15, 0.2) is 24.3 Å². The van der Waals surface area contributed by atoms with Gasteiger partial charge in [-0.1, -0.05) is 18.2 Å². The van der Waals surface area contributed by atoms with E-state index in [2.05, 4.69) is 5.32 Å². The van der Waals surface area contributed by atoms with E-state index < -0.39 is 12.2 Å². The maximum absolute atomic E-state index is 12.3. The van der Waals surface area contributed by atoms with E-state index in [-0.39, 0.29) is 11.8 Å². The summed E-state index contributed by atoms with van der Waals surface area (Å²) in [5.74, 6) is -0.468. The molecule has 2 aliphatic heterocycles. The van der Waals surface area contributed by atoms with Crippen molar-refractivity contribution in [3.05, 3.63) is 29.8 Å². The highest BCUT2D eigenvalue weighted by Gasteiger charge is 2.47. The molecule has 2 fully saturated rings. The van der Waals surface area contributed by atoms with Gasteiger partial charge in [-0.25, -0.2) is 4.90 Å². The Morgan fingerprint density at radius 2 is 1.84 bits per heavy atom. The summed E-state index contributed by atoms with van der Waals surface area (Å²) in [4.78, 5) is 25.9. The Hall–Kier alpha value is -1.72. The van der Waals surface area contributed by atoms with E-state index in [9.17, 15) is 9.59 Å². The van der Waals surface area contributed by atoms with Gasteiger partial charge in [-0.15, -0.1) is 0 Å². The van der Waals surface area contributed by atoms with E-state index in [0.717, 1.165) is 5.56 Å². The van der Waals surface area contributed by atoms with Crippen molar-refractivity contribution in [3.63, 3.8) is 0 Å². The fraction of sp³-hybridized carbons (Fsp3) is 0.429. The third-order valence-electron chi connectivity index (χ3n) is 3.61. The Kier molecular flexibility index (Phi) is 3.08. The van der Waals surface area contributed by atoms with Crippen molar-refractivity contribution in [2.45, 2.75) is 31.6 Å². The Labute approximate surface area is 111 Å². The second-order valence-corrected chi connectivity index (χ2v) is 4.86. The number of anilines is 1. The summed E-state index contributed by atoms with van der Waals surface area (Å²) in [5.41, 5.74) is 1.61. The van der Waals surface area contributed by atoms with E-state index in [1.807, 2.05) is 31.3 Å². The summed E-state index contributed by atoms with van der Waals surface area (Å²) in [6.45, 7) is 0.615. The molecule has 19 heavy (non-hydrogen) atoms. The lowest BCUT2D eigenvalue weighted by atomic mass is 10.1. The van der Waals surface area contributed by atoms with E-state index in [1.54, 1.807) is 0 Å². The van der Waals surface area contributed by atoms with Gasteiger partial charge in [0.05, 0.1) is 5.69 Å². The van der Waals surface area contributed by atoms with Crippen LogP contribution in [-0.2, 0) is 20.9 Å². The molecule has 0 saturated carbocycles. The average molecular weight is 260 g/mol. The van der Waals surface area contributed by atoms with Crippen LogP contribution in [0.4, 0.5) is 5.69 Å². The van der Waals surface area contributed by atoms with Crippen LogP contribution in [0.3, 0.4) is 0 Å². The molecule has 100 valence electrons. The summed E-state index contributed by atoms with van der Waals surface area (Å²) in [5, 5.41) is 3.05. The van der Waals surface area contributed by atoms with Gasteiger partial charge >= 0.3 is 0 Å². The van der Waals surface area contributed by atoms with Crippen LogP contribution in [0.5, 0.6) is 0 Å². The molecule has 1 aromatic rings. The van der Waals surface area contributed by atoms with Gasteiger partial charge in [0.15, 0.2) is 0 Å². The summed E-state index contributed by atoms with van der Waals surface area (Å²) < 4.78 is 5.42. The predicted molar refractivity (Wildman–Crippen MR) is 69.6 cm³/mol. The van der Waals surface area contributed by atoms with Crippen molar-refractivity contribution in [1.82, 2.24) is 5.32 Å². The van der Waals surface area contributed by atoms with Crippen LogP contribution in [0.2, 0.25) is 0 Å². The smallest absolute Gasteiger partial charge is 0.262 e. The highest BCUT2D eigenvalue weighted by Crippen LogP contribution is 2.33. The van der Waals surface area contributed by atoms with E-state index in [4.69, 9.17) is 4.74 Å². The first-order chi connectivity index (χ1) is 9.22. The van der Waals surface area contributed by atoms with Crippen LogP contribution in [0.1, 0.15) is 18.4 Å². The number of ether oxygens (including phenoxy) is 1. The van der Waals surface area contributed by atoms with Gasteiger partial charge < -0.3 is 10.1 Å². The summed E-state index contributed by atoms with van der Waals surface area (Å²) in [7, 11) is 1.84. The molecule has 5 heteroatoms. The number of benzene rings is 1. The maximum Gasteiger partial charge on any atom is 0.262 e. The zero-order chi connectivity index (χ0) is 13.4. The van der Waals surface area contributed by atoms with Crippen LogP contribution in [0.25, 0.3) is 0 Å². The molecular weight excluding hydrogens is 244 g/mol. The van der Waals surface area contributed by atoms with Crippen LogP contribution in [0, 0.1) is 0 Å². The number of para-hydroxylation sites is 1. The minimum atomic E-state index is -0.453. The number of carbonyl (C=O) groups is 2. The molecule has 1 N–H and O–H groups in total. The van der Waals surface area contributed by atoms with Gasteiger partial charge in [-0.2, -0.15) is 0 Å². The molecule has 2 heterocycles. The summed E-state index contributed by atoms with van der Waals surface area (Å²) in [6.07, 6.45) is 0.371. The molecule has 2 saturated heterocycles. The Morgan fingerprint density at radius 1 is 1.21 bits per heavy atom. The van der Waals surface area contributed by atoms with Crippen molar-refractivity contribution < 1.29 is 14.3 Å². The number of hydrogen-bond acceptors (Lipinski definition) is 4. The molecule has 2 aliphatic rings. The molecule has 3 rings (SSSR count). The standard InChI is InChI=1S/C14H16N2O3/c1-15-8-9-4-2-3-5-10(9)16-13(17)11-6-7-12(19-11)14(16)18/h2-5,11-12,15H,6-8H2,1H3. The fourth-order valence-corrected chi connectivity index (χ4v) is 2.70. The number of hydrogen-bond donors (Lipinski definition) is 1. The normalized spacial score (nSPS) is 26.1. The number of imide groups is 1. The van der Waals surface area contributed by atoms with Gasteiger partial charge in [0.25, 0.3) is 11.8 Å². The number of nitrogens with zero attached hydrogens (tertiary/aromatic N) is 1. The largest absolute Gasteiger partial charge is 0.355 e. The molecule has 0 aliphatic carbocycles. The van der Waals surface area contributed by atoms with Crippen LogP contribution >= 0.6 is 0 Å². The highest BCUT2D eigenvalue weighted by atomic mass is 16.5. The SMILES string of the molecule is CNCc1ccccc1N1C(=O)C2CCC(O2)C1=O. The van der Waals surface area contributed by atoms with Crippen LogP contribution in [-0.4, -0.2) is 31.1 Å². The number of morpholine rings is 1. The van der Waals surface area contributed by atoms with Gasteiger partial charge in [0.1, 0.15) is 12.2 Å². The van der Waals surface area contributed by atoms with Gasteiger partial charge in [0.2, 0.25) is 0 Å². The summed E-state index contributed by atoms with van der Waals surface area (Å²) in [6, 6.07) is 7.48. The third kappa shape index (κ3) is 1.95. The highest BCUT2D eigenvalue weighted by molar-refractivity contribution is 6.20. The minimum absolute atomic E-state index is 0.234. The molecule has 2 bridgehead atoms. The van der Waals surface area contributed by atoms with Crippen molar-refractivity contribution >= 4 is 17.5 Å². The molecule has 0 spiro atoms. The topological polar surface area (TPSA) is 58.6 Å². The molecule has 5 nitrogen and oxygen atoms in total. The molecule has 2 atom stereocenters. The Morgan fingerprint density at radius 3 is 2.47 bits per heavy atom. The third-order valence-corrected chi connectivity index (χ3v) is 3.61. The molecule has 0 radical (unpaired) electrons. The molecular formula is C14H16N2O3. The Bertz CT molecular complexity index is 507. The summed E-state index contributed by atoms with van der Waals surface area (Å²) >= 11 is 0. The van der Waals surface area contributed by atoms with Crippen molar-refractivity contribution in [3.8, 4) is 0 Å². The van der Waals surface area contributed by atoms with Crippen molar-refractivity contribution in [2.75, 3.05) is 11.9 Å². The zero-order valence-corrected chi connectivity index (χ0v) is 10.8. The first-order valence-corrected chi connectivity index (χ1v) is 6.48. The second-order valence-electron chi connectivity index (χ2n) is 4.86. The number of amides is 2. The molecule has 2 unspecified atom stereocenters. The lowest BCUT2D eigenvalue weighted by Gasteiger charge is -2.31. The minimum Gasteiger partial charge on any atom is -0.355 e. The molecule has 1 aromatic carbocycles. The van der Waals surface area contributed by atoms with E-state index in [0.29, 0.717) is 25.1 Å².